The number of unbranched alkanes of at least 4 members (excludes halogenated alkanes) is 3. The van der Waals surface area contributed by atoms with Gasteiger partial charge in [-0.25, -0.2) is 9.97 Å². The lowest BCUT2D eigenvalue weighted by atomic mass is 10.0. The van der Waals surface area contributed by atoms with Crippen molar-refractivity contribution >= 4 is 6.08 Å². The minimum absolute atomic E-state index is 0.276. The molecule has 0 aliphatic heterocycles. The Morgan fingerprint density at radius 1 is 0.844 bits per heavy atom. The van der Waals surface area contributed by atoms with Crippen molar-refractivity contribution in [1.82, 2.24) is 9.97 Å². The van der Waals surface area contributed by atoms with E-state index in [9.17, 15) is 5.11 Å². The van der Waals surface area contributed by atoms with Crippen LogP contribution < -0.4 is 0 Å². The van der Waals surface area contributed by atoms with Gasteiger partial charge < -0.3 is 9.84 Å². The lowest BCUT2D eigenvalue weighted by Gasteiger charge is -2.11. The van der Waals surface area contributed by atoms with Crippen LogP contribution in [-0.4, -0.2) is 27.8 Å². The number of aromatic nitrogens is 2. The monoisotopic (exact) mass is 430 g/mol. The number of hydrogen-bond acceptors (Lipinski definition) is 4. The van der Waals surface area contributed by atoms with Gasteiger partial charge in [-0.1, -0.05) is 62.2 Å². The van der Waals surface area contributed by atoms with E-state index < -0.39 is 0 Å². The average Bonchev–Trinajstić information content (AvgIpc) is 2.83. The lowest BCUT2D eigenvalue weighted by molar-refractivity contribution is 0.0566. The molecule has 1 unspecified atom stereocenters. The first-order valence-corrected chi connectivity index (χ1v) is 11.7. The Balaban J connectivity index is 1.45. The topological polar surface area (TPSA) is 55.2 Å². The third-order valence-corrected chi connectivity index (χ3v) is 5.49. The molecule has 0 saturated carbocycles. The van der Waals surface area contributed by atoms with Crippen LogP contribution in [0.4, 0.5) is 0 Å². The zero-order valence-electron chi connectivity index (χ0n) is 19.2. The summed E-state index contributed by atoms with van der Waals surface area (Å²) >= 11 is 0. The second-order valence-corrected chi connectivity index (χ2v) is 8.18. The number of rotatable bonds is 12. The summed E-state index contributed by atoms with van der Waals surface area (Å²) in [5, 5.41) is 9.44. The lowest BCUT2D eigenvalue weighted by Crippen LogP contribution is -2.08. The first kappa shape index (κ1) is 23.7. The van der Waals surface area contributed by atoms with E-state index in [1.165, 1.54) is 12.8 Å². The number of allylic oxidation sites excluding steroid dienone is 1. The van der Waals surface area contributed by atoms with Crippen molar-refractivity contribution in [2.45, 2.75) is 58.5 Å². The maximum Gasteiger partial charge on any atom is 0.151 e. The predicted molar refractivity (Wildman–Crippen MR) is 132 cm³/mol. The molecule has 3 rings (SSSR count). The van der Waals surface area contributed by atoms with Gasteiger partial charge in [0.1, 0.15) is 5.75 Å². The van der Waals surface area contributed by atoms with Crippen LogP contribution >= 0.6 is 0 Å². The van der Waals surface area contributed by atoms with Gasteiger partial charge in [0.25, 0.3) is 0 Å². The quantitative estimate of drug-likeness (QED) is 0.306. The molecule has 4 heteroatoms. The predicted octanol–water partition coefficient (Wildman–Crippen LogP) is 7.30. The smallest absolute Gasteiger partial charge is 0.151 e. The first-order valence-electron chi connectivity index (χ1n) is 11.7. The van der Waals surface area contributed by atoms with Crippen LogP contribution in [0.1, 0.15) is 58.2 Å². The van der Waals surface area contributed by atoms with E-state index in [0.29, 0.717) is 6.10 Å². The summed E-state index contributed by atoms with van der Waals surface area (Å²) in [4.78, 5) is 8.97. The molecule has 0 aliphatic carbocycles. The van der Waals surface area contributed by atoms with Crippen LogP contribution in [0.5, 0.6) is 5.75 Å². The molecule has 0 bridgehead atoms. The highest BCUT2D eigenvalue weighted by atomic mass is 16.5. The summed E-state index contributed by atoms with van der Waals surface area (Å²) in [6.07, 6.45) is 15.0. The Kier molecular flexibility index (Phi) is 9.45. The van der Waals surface area contributed by atoms with Crippen LogP contribution in [0.15, 0.2) is 67.0 Å². The number of benzene rings is 2. The second kappa shape index (κ2) is 12.8. The summed E-state index contributed by atoms with van der Waals surface area (Å²) in [7, 11) is 0. The largest absolute Gasteiger partial charge is 0.508 e. The van der Waals surface area contributed by atoms with Gasteiger partial charge in [0.2, 0.25) is 0 Å². The number of hydrogen-bond donors (Lipinski definition) is 1. The first-order chi connectivity index (χ1) is 15.7. The van der Waals surface area contributed by atoms with Gasteiger partial charge in [0, 0.05) is 24.6 Å². The standard InChI is InChI=1S/C28H34N2O2/c1-3-4-8-19-32-22(2)9-6-5-7-10-28-29-20-26(21-30-28)25-13-11-23(12-14-25)24-15-17-27(31)18-16-24/h7,10-18,20-22,31H,3-6,8-9,19H2,1-2H3. The molecule has 1 aromatic heterocycles. The van der Waals surface area contributed by atoms with Crippen LogP contribution in [0.2, 0.25) is 0 Å². The summed E-state index contributed by atoms with van der Waals surface area (Å²) in [6, 6.07) is 15.5. The highest BCUT2D eigenvalue weighted by molar-refractivity contribution is 5.70. The molecule has 1 atom stereocenters. The van der Waals surface area contributed by atoms with Crippen LogP contribution in [0, 0.1) is 0 Å². The molecule has 4 nitrogen and oxygen atoms in total. The van der Waals surface area contributed by atoms with E-state index in [0.717, 1.165) is 60.4 Å². The highest BCUT2D eigenvalue weighted by Crippen LogP contribution is 2.25. The van der Waals surface area contributed by atoms with Gasteiger partial charge >= 0.3 is 0 Å². The van der Waals surface area contributed by atoms with Crippen molar-refractivity contribution in [3.05, 3.63) is 72.8 Å². The fraction of sp³-hybridized carbons (Fsp3) is 0.357. The zero-order valence-corrected chi connectivity index (χ0v) is 19.2. The third-order valence-electron chi connectivity index (χ3n) is 5.49. The number of phenolic OH excluding ortho intramolecular Hbond substituents is 1. The van der Waals surface area contributed by atoms with Crippen LogP contribution in [-0.2, 0) is 4.74 Å². The fourth-order valence-electron chi connectivity index (χ4n) is 3.51. The molecular weight excluding hydrogens is 396 g/mol. The van der Waals surface area contributed by atoms with Gasteiger partial charge in [0.05, 0.1) is 6.10 Å². The Morgan fingerprint density at radius 3 is 2.06 bits per heavy atom. The number of ether oxygens (including phenoxy) is 1. The van der Waals surface area contributed by atoms with Crippen molar-refractivity contribution in [2.75, 3.05) is 6.61 Å². The molecule has 2 aromatic carbocycles. The SMILES string of the molecule is CCCCCOC(C)CCCC=Cc1ncc(-c2ccc(-c3ccc(O)cc3)cc2)cn1. The van der Waals surface area contributed by atoms with Gasteiger partial charge in [-0.15, -0.1) is 0 Å². The zero-order chi connectivity index (χ0) is 22.6. The molecule has 32 heavy (non-hydrogen) atoms. The number of nitrogens with zero attached hydrogens (tertiary/aromatic N) is 2. The third kappa shape index (κ3) is 7.61. The van der Waals surface area contributed by atoms with Crippen molar-refractivity contribution in [1.29, 1.82) is 0 Å². The van der Waals surface area contributed by atoms with E-state index in [1.807, 2.05) is 30.6 Å². The summed E-state index contributed by atoms with van der Waals surface area (Å²) < 4.78 is 5.84. The normalized spacial score (nSPS) is 12.3. The van der Waals surface area contributed by atoms with E-state index >= 15 is 0 Å². The van der Waals surface area contributed by atoms with E-state index in [2.05, 4.69) is 54.2 Å². The molecule has 0 amide bonds. The van der Waals surface area contributed by atoms with Gasteiger partial charge in [-0.3, -0.25) is 0 Å². The molecular formula is C28H34N2O2. The molecule has 3 aromatic rings. The molecule has 1 heterocycles. The molecule has 168 valence electrons. The van der Waals surface area contributed by atoms with Crippen LogP contribution in [0.3, 0.4) is 0 Å². The Labute approximate surface area is 192 Å². The Morgan fingerprint density at radius 2 is 1.44 bits per heavy atom. The van der Waals surface area contributed by atoms with Gasteiger partial charge in [-0.2, -0.15) is 0 Å². The van der Waals surface area contributed by atoms with Crippen LogP contribution in [0.25, 0.3) is 28.3 Å². The van der Waals surface area contributed by atoms with E-state index in [1.54, 1.807) is 12.1 Å². The summed E-state index contributed by atoms with van der Waals surface area (Å²) in [5.41, 5.74) is 4.25. The molecule has 0 spiro atoms. The van der Waals surface area contributed by atoms with Gasteiger partial charge in [-0.05, 0) is 67.5 Å². The van der Waals surface area contributed by atoms with Gasteiger partial charge in [0.15, 0.2) is 5.82 Å². The molecule has 0 fully saturated rings. The summed E-state index contributed by atoms with van der Waals surface area (Å²) in [5.74, 6) is 1.01. The molecule has 0 aliphatic rings. The van der Waals surface area contributed by atoms with Crippen molar-refractivity contribution in [3.63, 3.8) is 0 Å². The number of phenols is 1. The number of aromatic hydroxyl groups is 1. The minimum Gasteiger partial charge on any atom is -0.508 e. The maximum atomic E-state index is 9.44. The Hall–Kier alpha value is -2.98. The van der Waals surface area contributed by atoms with E-state index in [4.69, 9.17) is 4.74 Å². The molecule has 0 radical (unpaired) electrons. The summed E-state index contributed by atoms with van der Waals surface area (Å²) in [6.45, 7) is 5.25. The van der Waals surface area contributed by atoms with Crippen molar-refractivity contribution in [3.8, 4) is 28.0 Å². The second-order valence-electron chi connectivity index (χ2n) is 8.18. The van der Waals surface area contributed by atoms with E-state index in [-0.39, 0.29) is 5.75 Å². The van der Waals surface area contributed by atoms with Crippen molar-refractivity contribution in [2.24, 2.45) is 0 Å². The Bertz CT molecular complexity index is 948. The average molecular weight is 431 g/mol. The highest BCUT2D eigenvalue weighted by Gasteiger charge is 2.03. The minimum atomic E-state index is 0.276. The maximum absolute atomic E-state index is 9.44. The van der Waals surface area contributed by atoms with Crippen molar-refractivity contribution < 1.29 is 9.84 Å². The molecule has 0 saturated heterocycles. The fourth-order valence-corrected chi connectivity index (χ4v) is 3.51. The molecule has 1 N–H and O–H groups in total.